The number of benzene rings is 3. The van der Waals surface area contributed by atoms with Crippen LogP contribution in [0.4, 0.5) is 0 Å². The smallest absolute Gasteiger partial charge is 0.247 e. The Balaban J connectivity index is 1.87. The van der Waals surface area contributed by atoms with Crippen LogP contribution in [0.25, 0.3) is 0 Å². The fraction of sp³-hybridized carbons (Fsp3) is 0.200. The summed E-state index contributed by atoms with van der Waals surface area (Å²) in [6.07, 6.45) is 0. The van der Waals surface area contributed by atoms with Crippen LogP contribution in [-0.4, -0.2) is 23.8 Å². The van der Waals surface area contributed by atoms with Crippen molar-refractivity contribution >= 4 is 23.4 Å². The van der Waals surface area contributed by atoms with E-state index in [2.05, 4.69) is 5.32 Å². The molecular formula is C25H25ClN2O3. The summed E-state index contributed by atoms with van der Waals surface area (Å²) in [4.78, 5) is 27.5. The molecule has 0 saturated carbocycles. The Morgan fingerprint density at radius 3 is 2.23 bits per heavy atom. The summed E-state index contributed by atoms with van der Waals surface area (Å²) in [6, 6.07) is 23.3. The topological polar surface area (TPSA) is 58.6 Å². The molecule has 0 fully saturated rings. The number of ether oxygens (including phenoxy) is 1. The number of amides is 2. The van der Waals surface area contributed by atoms with Crippen LogP contribution >= 0.6 is 11.6 Å². The van der Waals surface area contributed by atoms with E-state index in [0.29, 0.717) is 11.6 Å². The number of rotatable bonds is 8. The summed E-state index contributed by atoms with van der Waals surface area (Å²) in [5, 5.41) is 3.52. The van der Waals surface area contributed by atoms with Crippen molar-refractivity contribution in [3.05, 3.63) is 101 Å². The number of nitrogens with one attached hydrogen (secondary N) is 1. The summed E-state index contributed by atoms with van der Waals surface area (Å²) in [5.74, 6) is 0.266. The lowest BCUT2D eigenvalue weighted by atomic mass is 10.0. The number of methoxy groups -OCH3 is 1. The molecule has 0 heterocycles. The predicted octanol–water partition coefficient (Wildman–Crippen LogP) is 4.75. The molecule has 1 N–H and O–H groups in total. The van der Waals surface area contributed by atoms with Gasteiger partial charge in [-0.3, -0.25) is 9.59 Å². The van der Waals surface area contributed by atoms with E-state index < -0.39 is 6.04 Å². The van der Waals surface area contributed by atoms with Crippen molar-refractivity contribution in [3.63, 3.8) is 0 Å². The van der Waals surface area contributed by atoms with Crippen molar-refractivity contribution < 1.29 is 14.3 Å². The lowest BCUT2D eigenvalue weighted by molar-refractivity contribution is -0.140. The zero-order valence-corrected chi connectivity index (χ0v) is 18.3. The van der Waals surface area contributed by atoms with Gasteiger partial charge in [0, 0.05) is 25.0 Å². The third-order valence-corrected chi connectivity index (χ3v) is 5.37. The van der Waals surface area contributed by atoms with Crippen LogP contribution in [0.2, 0.25) is 5.02 Å². The molecule has 0 spiro atoms. The lowest BCUT2D eigenvalue weighted by Gasteiger charge is -2.30. The standard InChI is InChI=1S/C25H25ClN2O3/c1-18(29)28(17-19-12-14-22(31-2)15-13-19)24(20-8-4-3-5-9-20)25(30)27-16-21-10-6-7-11-23(21)26/h3-15,24H,16-17H2,1-2H3,(H,27,30)/t24-/m0/s1. The highest BCUT2D eigenvalue weighted by Crippen LogP contribution is 2.25. The first-order valence-corrected chi connectivity index (χ1v) is 10.3. The normalized spacial score (nSPS) is 11.5. The Morgan fingerprint density at radius 2 is 1.61 bits per heavy atom. The van der Waals surface area contributed by atoms with Crippen molar-refractivity contribution in [3.8, 4) is 5.75 Å². The van der Waals surface area contributed by atoms with Crippen molar-refractivity contribution in [1.82, 2.24) is 10.2 Å². The minimum absolute atomic E-state index is 0.197. The van der Waals surface area contributed by atoms with Gasteiger partial charge in [-0.15, -0.1) is 0 Å². The predicted molar refractivity (Wildman–Crippen MR) is 122 cm³/mol. The Morgan fingerprint density at radius 1 is 0.968 bits per heavy atom. The third-order valence-electron chi connectivity index (χ3n) is 5.00. The quantitative estimate of drug-likeness (QED) is 0.554. The summed E-state index contributed by atoms with van der Waals surface area (Å²) in [5.41, 5.74) is 2.45. The number of carbonyl (C=O) groups is 2. The highest BCUT2D eigenvalue weighted by molar-refractivity contribution is 6.31. The number of carbonyl (C=O) groups excluding carboxylic acids is 2. The van der Waals surface area contributed by atoms with Gasteiger partial charge in [-0.1, -0.05) is 72.3 Å². The maximum absolute atomic E-state index is 13.3. The van der Waals surface area contributed by atoms with Crippen molar-refractivity contribution in [2.45, 2.75) is 26.1 Å². The lowest BCUT2D eigenvalue weighted by Crippen LogP contribution is -2.42. The molecule has 3 aromatic carbocycles. The fourth-order valence-corrected chi connectivity index (χ4v) is 3.54. The first kappa shape index (κ1) is 22.4. The Labute approximate surface area is 187 Å². The molecule has 0 unspecified atom stereocenters. The second-order valence-electron chi connectivity index (χ2n) is 7.12. The average molecular weight is 437 g/mol. The molecular weight excluding hydrogens is 412 g/mol. The van der Waals surface area contributed by atoms with Gasteiger partial charge in [-0.05, 0) is 34.9 Å². The van der Waals surface area contributed by atoms with Gasteiger partial charge in [-0.25, -0.2) is 0 Å². The van der Waals surface area contributed by atoms with Crippen LogP contribution in [0, 0.1) is 0 Å². The van der Waals surface area contributed by atoms with Gasteiger partial charge < -0.3 is 15.0 Å². The van der Waals surface area contributed by atoms with E-state index >= 15 is 0 Å². The number of hydrogen-bond acceptors (Lipinski definition) is 3. The largest absolute Gasteiger partial charge is 0.497 e. The number of nitrogens with zero attached hydrogens (tertiary/aromatic N) is 1. The Hall–Kier alpha value is -3.31. The van der Waals surface area contributed by atoms with E-state index in [-0.39, 0.29) is 18.4 Å². The molecule has 31 heavy (non-hydrogen) atoms. The maximum Gasteiger partial charge on any atom is 0.247 e. The second-order valence-corrected chi connectivity index (χ2v) is 7.52. The molecule has 2 amide bonds. The molecule has 6 heteroatoms. The minimum atomic E-state index is -0.775. The molecule has 0 radical (unpaired) electrons. The summed E-state index contributed by atoms with van der Waals surface area (Å²) in [6.45, 7) is 2.04. The van der Waals surface area contributed by atoms with Crippen molar-refractivity contribution in [2.75, 3.05) is 7.11 Å². The third kappa shape index (κ3) is 5.86. The van der Waals surface area contributed by atoms with Gasteiger partial charge in [0.1, 0.15) is 11.8 Å². The van der Waals surface area contributed by atoms with Gasteiger partial charge in [0.15, 0.2) is 0 Å². The van der Waals surface area contributed by atoms with Crippen LogP contribution in [0.1, 0.15) is 29.7 Å². The molecule has 0 aliphatic carbocycles. The van der Waals surface area contributed by atoms with Crippen molar-refractivity contribution in [2.24, 2.45) is 0 Å². The SMILES string of the molecule is COc1ccc(CN(C(C)=O)[C@H](C(=O)NCc2ccccc2Cl)c2ccccc2)cc1. The number of hydrogen-bond donors (Lipinski definition) is 1. The van der Waals surface area contributed by atoms with Crippen LogP contribution in [0.15, 0.2) is 78.9 Å². The molecule has 0 bridgehead atoms. The van der Waals surface area contributed by atoms with Crippen LogP contribution in [0.5, 0.6) is 5.75 Å². The molecule has 0 aliphatic heterocycles. The Kier molecular flexibility index (Phi) is 7.68. The molecule has 0 aromatic heterocycles. The van der Waals surface area contributed by atoms with Crippen molar-refractivity contribution in [1.29, 1.82) is 0 Å². The molecule has 0 saturated heterocycles. The molecule has 3 rings (SSSR count). The van der Waals surface area contributed by atoms with Gasteiger partial charge in [0.25, 0.3) is 0 Å². The first-order valence-electron chi connectivity index (χ1n) is 9.96. The van der Waals surface area contributed by atoms with E-state index in [1.54, 1.807) is 18.1 Å². The van der Waals surface area contributed by atoms with E-state index in [1.165, 1.54) is 6.92 Å². The molecule has 0 aliphatic rings. The maximum atomic E-state index is 13.3. The van der Waals surface area contributed by atoms with Crippen LogP contribution < -0.4 is 10.1 Å². The zero-order chi connectivity index (χ0) is 22.2. The Bertz CT molecular complexity index is 1020. The molecule has 3 aromatic rings. The van der Waals surface area contributed by atoms with E-state index in [4.69, 9.17) is 16.3 Å². The summed E-state index contributed by atoms with van der Waals surface area (Å²) in [7, 11) is 1.60. The summed E-state index contributed by atoms with van der Waals surface area (Å²) >= 11 is 6.22. The van der Waals surface area contributed by atoms with Gasteiger partial charge >= 0.3 is 0 Å². The van der Waals surface area contributed by atoms with E-state index in [1.807, 2.05) is 72.8 Å². The number of halogens is 1. The highest BCUT2D eigenvalue weighted by Gasteiger charge is 2.29. The van der Waals surface area contributed by atoms with Gasteiger partial charge in [0.2, 0.25) is 11.8 Å². The zero-order valence-electron chi connectivity index (χ0n) is 17.5. The van der Waals surface area contributed by atoms with Gasteiger partial charge in [-0.2, -0.15) is 0 Å². The molecule has 5 nitrogen and oxygen atoms in total. The molecule has 1 atom stereocenters. The monoisotopic (exact) mass is 436 g/mol. The van der Waals surface area contributed by atoms with E-state index in [0.717, 1.165) is 22.4 Å². The highest BCUT2D eigenvalue weighted by atomic mass is 35.5. The second kappa shape index (κ2) is 10.6. The first-order chi connectivity index (χ1) is 15.0. The van der Waals surface area contributed by atoms with Gasteiger partial charge in [0.05, 0.1) is 7.11 Å². The average Bonchev–Trinajstić information content (AvgIpc) is 2.79. The van der Waals surface area contributed by atoms with Crippen LogP contribution in [0.3, 0.4) is 0 Å². The van der Waals surface area contributed by atoms with E-state index in [9.17, 15) is 9.59 Å². The molecule has 160 valence electrons. The minimum Gasteiger partial charge on any atom is -0.497 e. The fourth-order valence-electron chi connectivity index (χ4n) is 3.34. The summed E-state index contributed by atoms with van der Waals surface area (Å²) < 4.78 is 5.20. The van der Waals surface area contributed by atoms with Crippen LogP contribution in [-0.2, 0) is 22.7 Å².